The lowest BCUT2D eigenvalue weighted by atomic mass is 9.49. The second kappa shape index (κ2) is 4.07. The summed E-state index contributed by atoms with van der Waals surface area (Å²) < 4.78 is 5.57. The van der Waals surface area contributed by atoms with E-state index in [1.807, 2.05) is 13.8 Å². The number of carbonyl (C=O) groups excluding carboxylic acids is 2. The molecule has 4 fully saturated rings. The lowest BCUT2D eigenvalue weighted by Gasteiger charge is -2.54. The van der Waals surface area contributed by atoms with Crippen LogP contribution in [0.4, 0.5) is 0 Å². The van der Waals surface area contributed by atoms with E-state index in [0.29, 0.717) is 11.7 Å². The number of hydrogen-bond acceptors (Lipinski definition) is 3. The van der Waals surface area contributed by atoms with Crippen LogP contribution in [0.15, 0.2) is 0 Å². The van der Waals surface area contributed by atoms with E-state index in [4.69, 9.17) is 4.74 Å². The standard InChI is InChI=1S/C15H22O3/c1-3-9(2)18-14(17)15-6-10-4-11(7-15)13(16)12(5-10)8-15/h9-12H,3-8H2,1-2H3/t9?,10?,11-,12?,15?/m0/s1. The Hall–Kier alpha value is -0.860. The Morgan fingerprint density at radius 2 is 1.94 bits per heavy atom. The molecule has 0 aromatic rings. The Kier molecular flexibility index (Phi) is 2.76. The lowest BCUT2D eigenvalue weighted by molar-refractivity contribution is -0.178. The predicted octanol–water partition coefficient (Wildman–Crippen LogP) is 2.72. The Balaban J connectivity index is 1.79. The topological polar surface area (TPSA) is 43.4 Å². The van der Waals surface area contributed by atoms with Crippen molar-refractivity contribution < 1.29 is 14.3 Å². The summed E-state index contributed by atoms with van der Waals surface area (Å²) in [6.45, 7) is 3.98. The third-order valence-corrected chi connectivity index (χ3v) is 5.31. The van der Waals surface area contributed by atoms with Gasteiger partial charge in [-0.05, 0) is 51.4 Å². The van der Waals surface area contributed by atoms with Crippen molar-refractivity contribution in [3.05, 3.63) is 0 Å². The van der Waals surface area contributed by atoms with E-state index in [2.05, 4.69) is 0 Å². The molecule has 5 atom stereocenters. The summed E-state index contributed by atoms with van der Waals surface area (Å²) in [5, 5.41) is 0. The normalized spacial score (nSPS) is 43.0. The largest absolute Gasteiger partial charge is 0.462 e. The first kappa shape index (κ1) is 12.2. The summed E-state index contributed by atoms with van der Waals surface area (Å²) in [7, 11) is 0. The van der Waals surface area contributed by atoms with Crippen molar-refractivity contribution in [2.24, 2.45) is 23.2 Å². The maximum atomic E-state index is 12.4. The summed E-state index contributed by atoms with van der Waals surface area (Å²) in [4.78, 5) is 24.5. The van der Waals surface area contributed by atoms with Gasteiger partial charge in [0.25, 0.3) is 0 Å². The van der Waals surface area contributed by atoms with Crippen molar-refractivity contribution in [3.63, 3.8) is 0 Å². The van der Waals surface area contributed by atoms with Crippen LogP contribution in [0.1, 0.15) is 52.4 Å². The van der Waals surface area contributed by atoms with Gasteiger partial charge in [0, 0.05) is 11.8 Å². The molecule has 4 bridgehead atoms. The van der Waals surface area contributed by atoms with E-state index in [0.717, 1.165) is 38.5 Å². The van der Waals surface area contributed by atoms with Crippen LogP contribution in [0.25, 0.3) is 0 Å². The van der Waals surface area contributed by atoms with Crippen LogP contribution in [-0.4, -0.2) is 17.9 Å². The maximum absolute atomic E-state index is 12.4. The molecule has 0 saturated heterocycles. The molecule has 4 unspecified atom stereocenters. The molecular formula is C15H22O3. The predicted molar refractivity (Wildman–Crippen MR) is 66.8 cm³/mol. The van der Waals surface area contributed by atoms with Crippen LogP contribution in [0.2, 0.25) is 0 Å². The highest BCUT2D eigenvalue weighted by molar-refractivity contribution is 5.89. The Morgan fingerprint density at radius 1 is 1.33 bits per heavy atom. The second-order valence-electron chi connectivity index (χ2n) is 6.65. The fraction of sp³-hybridized carbons (Fsp3) is 0.867. The summed E-state index contributed by atoms with van der Waals surface area (Å²) in [5.74, 6) is 1.30. The number of esters is 1. The third kappa shape index (κ3) is 1.70. The molecule has 0 heterocycles. The minimum absolute atomic E-state index is 0.00112. The number of rotatable bonds is 3. The van der Waals surface area contributed by atoms with Crippen LogP contribution in [0.3, 0.4) is 0 Å². The van der Waals surface area contributed by atoms with Gasteiger partial charge in [-0.15, -0.1) is 0 Å². The van der Waals surface area contributed by atoms with Crippen LogP contribution >= 0.6 is 0 Å². The molecule has 4 aliphatic carbocycles. The first-order valence-electron chi connectivity index (χ1n) is 7.29. The molecule has 4 rings (SSSR count). The van der Waals surface area contributed by atoms with Crippen LogP contribution in [0.5, 0.6) is 0 Å². The zero-order valence-corrected chi connectivity index (χ0v) is 11.3. The van der Waals surface area contributed by atoms with Crippen molar-refractivity contribution in [2.75, 3.05) is 0 Å². The first-order chi connectivity index (χ1) is 8.54. The van der Waals surface area contributed by atoms with Crippen molar-refractivity contribution in [2.45, 2.75) is 58.5 Å². The quantitative estimate of drug-likeness (QED) is 0.723. The third-order valence-electron chi connectivity index (χ3n) is 5.31. The molecule has 0 aromatic heterocycles. The minimum atomic E-state index is -0.312. The highest BCUT2D eigenvalue weighted by atomic mass is 16.5. The fourth-order valence-corrected chi connectivity index (χ4v) is 4.39. The summed E-state index contributed by atoms with van der Waals surface area (Å²) in [6.07, 6.45) is 5.38. The molecule has 0 amide bonds. The van der Waals surface area contributed by atoms with E-state index in [9.17, 15) is 9.59 Å². The summed E-state index contributed by atoms with van der Waals surface area (Å²) in [5.41, 5.74) is -0.312. The molecule has 0 radical (unpaired) electrons. The fourth-order valence-electron chi connectivity index (χ4n) is 4.39. The van der Waals surface area contributed by atoms with Crippen LogP contribution < -0.4 is 0 Å². The maximum Gasteiger partial charge on any atom is 0.312 e. The average molecular weight is 250 g/mol. The van der Waals surface area contributed by atoms with Crippen molar-refractivity contribution in [1.82, 2.24) is 0 Å². The van der Waals surface area contributed by atoms with Gasteiger partial charge in [-0.1, -0.05) is 6.92 Å². The molecule has 0 spiro atoms. The highest BCUT2D eigenvalue weighted by Crippen LogP contribution is 2.59. The van der Waals surface area contributed by atoms with Gasteiger partial charge in [0.05, 0.1) is 11.5 Å². The smallest absolute Gasteiger partial charge is 0.312 e. The van der Waals surface area contributed by atoms with Gasteiger partial charge in [0.1, 0.15) is 5.78 Å². The monoisotopic (exact) mass is 250 g/mol. The average Bonchev–Trinajstić information content (AvgIpc) is 2.34. The minimum Gasteiger partial charge on any atom is -0.462 e. The van der Waals surface area contributed by atoms with Gasteiger partial charge in [-0.2, -0.15) is 0 Å². The van der Waals surface area contributed by atoms with Crippen LogP contribution in [0, 0.1) is 23.2 Å². The van der Waals surface area contributed by atoms with Crippen molar-refractivity contribution >= 4 is 11.8 Å². The number of ether oxygens (including phenoxy) is 1. The Labute approximate surface area is 108 Å². The molecular weight excluding hydrogens is 228 g/mol. The van der Waals surface area contributed by atoms with Crippen LogP contribution in [-0.2, 0) is 14.3 Å². The van der Waals surface area contributed by atoms with Gasteiger partial charge in [-0.3, -0.25) is 9.59 Å². The molecule has 4 aliphatic rings. The van der Waals surface area contributed by atoms with E-state index >= 15 is 0 Å². The van der Waals surface area contributed by atoms with Crippen molar-refractivity contribution in [3.8, 4) is 0 Å². The molecule has 3 nitrogen and oxygen atoms in total. The van der Waals surface area contributed by atoms with Crippen molar-refractivity contribution in [1.29, 1.82) is 0 Å². The highest BCUT2D eigenvalue weighted by Gasteiger charge is 2.59. The number of ketones is 1. The molecule has 0 N–H and O–H groups in total. The van der Waals surface area contributed by atoms with E-state index in [-0.39, 0.29) is 29.3 Å². The molecule has 3 heteroatoms. The molecule has 18 heavy (non-hydrogen) atoms. The van der Waals surface area contributed by atoms with Gasteiger partial charge < -0.3 is 4.74 Å². The lowest BCUT2D eigenvalue weighted by Crippen LogP contribution is -2.55. The van der Waals surface area contributed by atoms with Gasteiger partial charge in [-0.25, -0.2) is 0 Å². The van der Waals surface area contributed by atoms with Gasteiger partial charge >= 0.3 is 5.97 Å². The van der Waals surface area contributed by atoms with Gasteiger partial charge in [0.15, 0.2) is 0 Å². The van der Waals surface area contributed by atoms with Gasteiger partial charge in [0.2, 0.25) is 0 Å². The number of hydrogen-bond donors (Lipinski definition) is 0. The summed E-state index contributed by atoms with van der Waals surface area (Å²) in [6, 6.07) is 0. The zero-order chi connectivity index (χ0) is 12.9. The Morgan fingerprint density at radius 3 is 2.50 bits per heavy atom. The molecule has 0 aromatic carbocycles. The molecule has 100 valence electrons. The van der Waals surface area contributed by atoms with E-state index < -0.39 is 0 Å². The zero-order valence-electron chi connectivity index (χ0n) is 11.3. The number of carbonyl (C=O) groups is 2. The number of Topliss-reactive ketones (excluding diaryl/α,β-unsaturated/α-hetero) is 1. The molecule has 4 saturated carbocycles. The van der Waals surface area contributed by atoms with E-state index in [1.54, 1.807) is 0 Å². The second-order valence-corrected chi connectivity index (χ2v) is 6.65. The summed E-state index contributed by atoms with van der Waals surface area (Å²) >= 11 is 0. The van der Waals surface area contributed by atoms with E-state index in [1.165, 1.54) is 0 Å². The Bertz CT molecular complexity index is 369. The molecule has 0 aliphatic heterocycles. The first-order valence-corrected chi connectivity index (χ1v) is 7.29. The SMILES string of the molecule is CCC(C)OC(=O)C12CC3CC(C1)C(=O)[C@@H](C3)C2.